The van der Waals surface area contributed by atoms with Gasteiger partial charge in [-0.3, -0.25) is 0 Å². The van der Waals surface area contributed by atoms with E-state index in [9.17, 15) is 4.79 Å². The molecule has 0 saturated heterocycles. The number of rotatable bonds is 3. The van der Waals surface area contributed by atoms with Crippen molar-refractivity contribution in [1.82, 2.24) is 5.32 Å². The summed E-state index contributed by atoms with van der Waals surface area (Å²) < 4.78 is 5.13. The molecule has 3 aromatic rings. The molecule has 25 heavy (non-hydrogen) atoms. The number of ether oxygens (including phenoxy) is 1. The predicted molar refractivity (Wildman–Crippen MR) is 99.9 cm³/mol. The van der Waals surface area contributed by atoms with Gasteiger partial charge in [0, 0.05) is 16.6 Å². The van der Waals surface area contributed by atoms with E-state index in [-0.39, 0.29) is 13.2 Å². The van der Waals surface area contributed by atoms with Gasteiger partial charge in [-0.2, -0.15) is 0 Å². The quantitative estimate of drug-likeness (QED) is 0.568. The lowest BCUT2D eigenvalue weighted by atomic mass is 10.0. The van der Waals surface area contributed by atoms with Crippen molar-refractivity contribution in [3.8, 4) is 11.8 Å². The first-order valence-corrected chi connectivity index (χ1v) is 7.94. The Morgan fingerprint density at radius 1 is 0.960 bits per heavy atom. The lowest BCUT2D eigenvalue weighted by Crippen LogP contribution is -2.24. The summed E-state index contributed by atoms with van der Waals surface area (Å²) in [5.41, 5.74) is 8.53. The van der Waals surface area contributed by atoms with Crippen LogP contribution in [0, 0.1) is 11.8 Å². The minimum atomic E-state index is -0.486. The molecule has 3 N–H and O–H groups in total. The third-order valence-corrected chi connectivity index (χ3v) is 3.71. The molecule has 3 aromatic carbocycles. The average molecular weight is 330 g/mol. The van der Waals surface area contributed by atoms with E-state index in [4.69, 9.17) is 10.5 Å². The van der Waals surface area contributed by atoms with Gasteiger partial charge in [0.1, 0.15) is 6.61 Å². The van der Waals surface area contributed by atoms with Crippen molar-refractivity contribution in [1.29, 1.82) is 0 Å². The number of nitrogen functional groups attached to an aromatic ring is 1. The van der Waals surface area contributed by atoms with E-state index in [0.717, 1.165) is 27.6 Å². The highest BCUT2D eigenvalue weighted by molar-refractivity contribution is 5.96. The fraction of sp³-hybridized carbons (Fsp3) is 0.0952. The van der Waals surface area contributed by atoms with Crippen LogP contribution >= 0.6 is 0 Å². The van der Waals surface area contributed by atoms with Crippen LogP contribution in [0.1, 0.15) is 11.1 Å². The fourth-order valence-corrected chi connectivity index (χ4v) is 2.46. The van der Waals surface area contributed by atoms with Gasteiger partial charge >= 0.3 is 6.09 Å². The summed E-state index contributed by atoms with van der Waals surface area (Å²) in [7, 11) is 0. The number of anilines is 1. The van der Waals surface area contributed by atoms with Gasteiger partial charge in [0.25, 0.3) is 0 Å². The van der Waals surface area contributed by atoms with E-state index in [1.165, 1.54) is 0 Å². The van der Waals surface area contributed by atoms with Crippen LogP contribution in [-0.2, 0) is 11.3 Å². The van der Waals surface area contributed by atoms with E-state index in [1.807, 2.05) is 66.7 Å². The minimum Gasteiger partial charge on any atom is -0.445 e. The first kappa shape index (κ1) is 16.4. The van der Waals surface area contributed by atoms with Gasteiger partial charge in [0.15, 0.2) is 0 Å². The lowest BCUT2D eigenvalue weighted by molar-refractivity contribution is 0.141. The average Bonchev–Trinajstić information content (AvgIpc) is 2.66. The van der Waals surface area contributed by atoms with Crippen molar-refractivity contribution in [3.05, 3.63) is 77.9 Å². The summed E-state index contributed by atoms with van der Waals surface area (Å²) in [5, 5.41) is 4.60. The second-order valence-electron chi connectivity index (χ2n) is 5.46. The van der Waals surface area contributed by atoms with Crippen molar-refractivity contribution in [2.45, 2.75) is 6.61 Å². The molecule has 0 atom stereocenters. The summed E-state index contributed by atoms with van der Waals surface area (Å²) in [4.78, 5) is 11.7. The summed E-state index contributed by atoms with van der Waals surface area (Å²) in [6.45, 7) is 0.453. The van der Waals surface area contributed by atoms with Crippen LogP contribution in [-0.4, -0.2) is 12.6 Å². The van der Waals surface area contributed by atoms with Crippen molar-refractivity contribution in [2.75, 3.05) is 12.3 Å². The molecular weight excluding hydrogens is 312 g/mol. The lowest BCUT2D eigenvalue weighted by Gasteiger charge is -2.05. The summed E-state index contributed by atoms with van der Waals surface area (Å²) >= 11 is 0. The summed E-state index contributed by atoms with van der Waals surface area (Å²) in [5.74, 6) is 6.01. The molecule has 1 amide bonds. The van der Waals surface area contributed by atoms with Crippen molar-refractivity contribution < 1.29 is 9.53 Å². The molecule has 0 bridgehead atoms. The monoisotopic (exact) mass is 330 g/mol. The smallest absolute Gasteiger partial charge is 0.408 e. The highest BCUT2D eigenvalue weighted by Crippen LogP contribution is 2.23. The number of alkyl carbamates (subject to hydrolysis) is 1. The number of fused-ring (bicyclic) bond motifs is 1. The molecule has 0 fully saturated rings. The number of hydrogen-bond acceptors (Lipinski definition) is 3. The van der Waals surface area contributed by atoms with Gasteiger partial charge in [0.2, 0.25) is 0 Å². The van der Waals surface area contributed by atoms with Crippen LogP contribution in [0.25, 0.3) is 10.8 Å². The third-order valence-electron chi connectivity index (χ3n) is 3.71. The Bertz CT molecular complexity index is 940. The van der Waals surface area contributed by atoms with Crippen LogP contribution in [0.3, 0.4) is 0 Å². The number of hydrogen-bond donors (Lipinski definition) is 2. The number of nitrogens with one attached hydrogen (secondary N) is 1. The second-order valence-corrected chi connectivity index (χ2v) is 5.46. The number of amides is 1. The Balaban J connectivity index is 1.56. The number of benzene rings is 3. The minimum absolute atomic E-state index is 0.215. The standard InChI is InChI=1S/C21H18N2O2/c22-20-13-12-17(18-10-4-5-11-19(18)20)9-6-14-23-21(24)25-15-16-7-2-1-3-8-16/h1-5,7-8,10-13H,14-15,22H2,(H,23,24). The number of carbonyl (C=O) groups excluding carboxylic acids is 1. The zero-order valence-electron chi connectivity index (χ0n) is 13.7. The molecule has 4 nitrogen and oxygen atoms in total. The van der Waals surface area contributed by atoms with Crippen LogP contribution in [0.15, 0.2) is 66.7 Å². The Kier molecular flexibility index (Phi) is 5.18. The Labute approximate surface area is 146 Å². The molecule has 0 aliphatic carbocycles. The Hall–Kier alpha value is -3.45. The molecule has 124 valence electrons. The molecule has 0 aliphatic heterocycles. The van der Waals surface area contributed by atoms with Crippen molar-refractivity contribution >= 4 is 22.6 Å². The molecule has 0 spiro atoms. The van der Waals surface area contributed by atoms with Crippen LogP contribution in [0.5, 0.6) is 0 Å². The maximum absolute atomic E-state index is 11.7. The maximum Gasteiger partial charge on any atom is 0.408 e. The summed E-state index contributed by atoms with van der Waals surface area (Å²) in [6.07, 6.45) is -0.486. The molecule has 0 unspecified atom stereocenters. The van der Waals surface area contributed by atoms with Crippen LogP contribution < -0.4 is 11.1 Å². The molecule has 0 aliphatic rings. The van der Waals surface area contributed by atoms with Gasteiger partial charge in [0.05, 0.1) is 6.54 Å². The molecule has 4 heteroatoms. The largest absolute Gasteiger partial charge is 0.445 e. The van der Waals surface area contributed by atoms with E-state index < -0.39 is 6.09 Å². The molecule has 0 saturated carbocycles. The summed E-state index contributed by atoms with van der Waals surface area (Å²) in [6, 6.07) is 21.1. The molecular formula is C21H18N2O2. The first-order valence-electron chi connectivity index (χ1n) is 7.94. The van der Waals surface area contributed by atoms with E-state index in [1.54, 1.807) is 0 Å². The molecule has 0 aromatic heterocycles. The second kappa shape index (κ2) is 7.89. The number of carbonyl (C=O) groups is 1. The van der Waals surface area contributed by atoms with E-state index >= 15 is 0 Å². The molecule has 0 radical (unpaired) electrons. The zero-order chi connectivity index (χ0) is 17.5. The van der Waals surface area contributed by atoms with Crippen molar-refractivity contribution in [3.63, 3.8) is 0 Å². The number of nitrogens with two attached hydrogens (primary N) is 1. The normalized spacial score (nSPS) is 9.92. The van der Waals surface area contributed by atoms with Gasteiger partial charge in [-0.1, -0.05) is 66.4 Å². The first-order chi connectivity index (χ1) is 12.2. The van der Waals surface area contributed by atoms with Gasteiger partial charge < -0.3 is 15.8 Å². The predicted octanol–water partition coefficient (Wildman–Crippen LogP) is 3.70. The molecule has 3 rings (SSSR count). The SMILES string of the molecule is Nc1ccc(C#CCNC(=O)OCc2ccccc2)c2ccccc12. The maximum atomic E-state index is 11.7. The van der Waals surface area contributed by atoms with Gasteiger partial charge in [-0.15, -0.1) is 0 Å². The highest BCUT2D eigenvalue weighted by Gasteiger charge is 2.02. The third kappa shape index (κ3) is 4.30. The van der Waals surface area contributed by atoms with Crippen LogP contribution in [0.2, 0.25) is 0 Å². The van der Waals surface area contributed by atoms with E-state index in [2.05, 4.69) is 17.2 Å². The Morgan fingerprint density at radius 3 is 2.48 bits per heavy atom. The topological polar surface area (TPSA) is 64.3 Å². The Morgan fingerprint density at radius 2 is 1.68 bits per heavy atom. The van der Waals surface area contributed by atoms with Crippen molar-refractivity contribution in [2.24, 2.45) is 0 Å². The van der Waals surface area contributed by atoms with Crippen LogP contribution in [0.4, 0.5) is 10.5 Å². The highest BCUT2D eigenvalue weighted by atomic mass is 16.5. The fourth-order valence-electron chi connectivity index (χ4n) is 2.46. The van der Waals surface area contributed by atoms with Gasteiger partial charge in [-0.25, -0.2) is 4.79 Å². The molecule has 0 heterocycles. The zero-order valence-corrected chi connectivity index (χ0v) is 13.7. The van der Waals surface area contributed by atoms with Gasteiger partial charge in [-0.05, 0) is 23.1 Å². The van der Waals surface area contributed by atoms with E-state index in [0.29, 0.717) is 0 Å².